The standard InChI is InChI=1S/C10H9N3O/c1-2-5-14-8-3-4-9-10(6-8)13-12-7-11-9/h2-4,6-7H,1,5H2. The molecule has 0 spiro atoms. The van der Waals surface area contributed by atoms with Crippen molar-refractivity contribution >= 4 is 11.0 Å². The van der Waals surface area contributed by atoms with Gasteiger partial charge in [0.1, 0.15) is 24.2 Å². The van der Waals surface area contributed by atoms with Gasteiger partial charge in [0.25, 0.3) is 0 Å². The van der Waals surface area contributed by atoms with E-state index in [9.17, 15) is 0 Å². The van der Waals surface area contributed by atoms with Gasteiger partial charge < -0.3 is 4.74 Å². The second kappa shape index (κ2) is 3.83. The van der Waals surface area contributed by atoms with Gasteiger partial charge in [0.2, 0.25) is 0 Å². The highest BCUT2D eigenvalue weighted by molar-refractivity contribution is 5.74. The summed E-state index contributed by atoms with van der Waals surface area (Å²) in [6.07, 6.45) is 3.12. The molecule has 0 amide bonds. The lowest BCUT2D eigenvalue weighted by molar-refractivity contribution is 0.363. The quantitative estimate of drug-likeness (QED) is 0.684. The van der Waals surface area contributed by atoms with Crippen molar-refractivity contribution in [2.24, 2.45) is 0 Å². The summed E-state index contributed by atoms with van der Waals surface area (Å²) < 4.78 is 5.35. The highest BCUT2D eigenvalue weighted by Gasteiger charge is 1.98. The van der Waals surface area contributed by atoms with Crippen LogP contribution in [-0.2, 0) is 0 Å². The maximum atomic E-state index is 5.35. The molecule has 0 bridgehead atoms. The molecule has 0 aliphatic rings. The van der Waals surface area contributed by atoms with Crippen LogP contribution in [0, 0.1) is 0 Å². The molecular formula is C10H9N3O. The first-order chi connectivity index (χ1) is 6.90. The van der Waals surface area contributed by atoms with Crippen molar-refractivity contribution in [3.8, 4) is 5.75 Å². The molecular weight excluding hydrogens is 178 g/mol. The molecule has 4 heteroatoms. The first-order valence-corrected chi connectivity index (χ1v) is 4.21. The van der Waals surface area contributed by atoms with Crippen molar-refractivity contribution in [3.63, 3.8) is 0 Å². The summed E-state index contributed by atoms with van der Waals surface area (Å²) in [6, 6.07) is 5.50. The van der Waals surface area contributed by atoms with Crippen LogP contribution in [-0.4, -0.2) is 21.8 Å². The van der Waals surface area contributed by atoms with E-state index in [4.69, 9.17) is 4.74 Å². The summed E-state index contributed by atoms with van der Waals surface area (Å²) >= 11 is 0. The fraction of sp³-hybridized carbons (Fsp3) is 0.100. The third-order valence-electron chi connectivity index (χ3n) is 1.73. The topological polar surface area (TPSA) is 47.9 Å². The molecule has 0 aliphatic heterocycles. The van der Waals surface area contributed by atoms with Gasteiger partial charge in [-0.1, -0.05) is 12.7 Å². The van der Waals surface area contributed by atoms with Gasteiger partial charge in [-0.25, -0.2) is 4.98 Å². The first kappa shape index (κ1) is 8.62. The van der Waals surface area contributed by atoms with E-state index in [0.717, 1.165) is 16.8 Å². The van der Waals surface area contributed by atoms with Crippen LogP contribution in [0.3, 0.4) is 0 Å². The number of benzene rings is 1. The number of rotatable bonds is 3. The summed E-state index contributed by atoms with van der Waals surface area (Å²) in [6.45, 7) is 4.06. The summed E-state index contributed by atoms with van der Waals surface area (Å²) in [5.74, 6) is 0.750. The van der Waals surface area contributed by atoms with Crippen LogP contribution in [0.4, 0.5) is 0 Å². The highest BCUT2D eigenvalue weighted by atomic mass is 16.5. The summed E-state index contributed by atoms with van der Waals surface area (Å²) in [4.78, 5) is 4.05. The van der Waals surface area contributed by atoms with Crippen LogP contribution in [0.2, 0.25) is 0 Å². The van der Waals surface area contributed by atoms with Gasteiger partial charge in [-0.05, 0) is 12.1 Å². The van der Waals surface area contributed by atoms with E-state index in [-0.39, 0.29) is 0 Å². The Hall–Kier alpha value is -1.97. The zero-order chi connectivity index (χ0) is 9.80. The van der Waals surface area contributed by atoms with Crippen LogP contribution in [0.5, 0.6) is 5.75 Å². The molecule has 70 valence electrons. The van der Waals surface area contributed by atoms with Crippen LogP contribution in [0.15, 0.2) is 37.2 Å². The predicted octanol–water partition coefficient (Wildman–Crippen LogP) is 1.59. The molecule has 0 radical (unpaired) electrons. The van der Waals surface area contributed by atoms with Gasteiger partial charge >= 0.3 is 0 Å². The minimum absolute atomic E-state index is 0.485. The Morgan fingerprint density at radius 1 is 1.36 bits per heavy atom. The Kier molecular flexibility index (Phi) is 2.36. The first-order valence-electron chi connectivity index (χ1n) is 4.21. The molecule has 0 N–H and O–H groups in total. The van der Waals surface area contributed by atoms with Gasteiger partial charge in [0.05, 0.1) is 5.52 Å². The van der Waals surface area contributed by atoms with E-state index < -0.39 is 0 Å². The number of nitrogens with zero attached hydrogens (tertiary/aromatic N) is 3. The monoisotopic (exact) mass is 187 g/mol. The van der Waals surface area contributed by atoms with E-state index in [1.54, 1.807) is 12.1 Å². The Bertz CT molecular complexity index is 456. The van der Waals surface area contributed by atoms with Crippen LogP contribution < -0.4 is 4.74 Å². The minimum atomic E-state index is 0.485. The Morgan fingerprint density at radius 3 is 3.14 bits per heavy atom. The summed E-state index contributed by atoms with van der Waals surface area (Å²) in [5.41, 5.74) is 1.54. The van der Waals surface area contributed by atoms with E-state index in [2.05, 4.69) is 21.8 Å². The average Bonchev–Trinajstić information content (AvgIpc) is 2.26. The van der Waals surface area contributed by atoms with E-state index in [1.165, 1.54) is 6.33 Å². The van der Waals surface area contributed by atoms with Crippen molar-refractivity contribution in [1.29, 1.82) is 0 Å². The molecule has 4 nitrogen and oxygen atoms in total. The van der Waals surface area contributed by atoms with Crippen molar-refractivity contribution < 1.29 is 4.74 Å². The summed E-state index contributed by atoms with van der Waals surface area (Å²) in [7, 11) is 0. The van der Waals surface area contributed by atoms with Crippen LogP contribution in [0.1, 0.15) is 0 Å². The Balaban J connectivity index is 2.36. The number of fused-ring (bicyclic) bond motifs is 1. The lowest BCUT2D eigenvalue weighted by Crippen LogP contribution is -1.93. The maximum absolute atomic E-state index is 5.35. The molecule has 1 heterocycles. The second-order valence-electron chi connectivity index (χ2n) is 2.71. The van der Waals surface area contributed by atoms with Crippen LogP contribution in [0.25, 0.3) is 11.0 Å². The smallest absolute Gasteiger partial charge is 0.138 e. The van der Waals surface area contributed by atoms with E-state index in [0.29, 0.717) is 6.61 Å². The third kappa shape index (κ3) is 1.69. The second-order valence-corrected chi connectivity index (χ2v) is 2.71. The maximum Gasteiger partial charge on any atom is 0.138 e. The van der Waals surface area contributed by atoms with Crippen molar-refractivity contribution in [2.45, 2.75) is 0 Å². The van der Waals surface area contributed by atoms with Crippen molar-refractivity contribution in [3.05, 3.63) is 37.2 Å². The third-order valence-corrected chi connectivity index (χ3v) is 1.73. The molecule has 1 aromatic carbocycles. The lowest BCUT2D eigenvalue weighted by atomic mass is 10.3. The zero-order valence-corrected chi connectivity index (χ0v) is 7.55. The lowest BCUT2D eigenvalue weighted by Gasteiger charge is -2.02. The SMILES string of the molecule is C=CCOc1ccc2ncnnc2c1. The van der Waals surface area contributed by atoms with Gasteiger partial charge in [-0.3, -0.25) is 0 Å². The minimum Gasteiger partial charge on any atom is -0.489 e. The molecule has 1 aromatic heterocycles. The van der Waals surface area contributed by atoms with Crippen molar-refractivity contribution in [1.82, 2.24) is 15.2 Å². The van der Waals surface area contributed by atoms with Crippen molar-refractivity contribution in [2.75, 3.05) is 6.61 Å². The van der Waals surface area contributed by atoms with Crippen LogP contribution >= 0.6 is 0 Å². The number of aromatic nitrogens is 3. The predicted molar refractivity (Wildman–Crippen MR) is 53.0 cm³/mol. The molecule has 2 aromatic rings. The Morgan fingerprint density at radius 2 is 2.29 bits per heavy atom. The number of ether oxygens (including phenoxy) is 1. The highest BCUT2D eigenvalue weighted by Crippen LogP contribution is 2.16. The van der Waals surface area contributed by atoms with E-state index >= 15 is 0 Å². The van der Waals surface area contributed by atoms with Gasteiger partial charge in [-0.15, -0.1) is 10.2 Å². The summed E-state index contributed by atoms with van der Waals surface area (Å²) in [5, 5.41) is 7.63. The molecule has 0 unspecified atom stereocenters. The fourth-order valence-electron chi connectivity index (χ4n) is 1.11. The molecule has 2 rings (SSSR count). The fourth-order valence-corrected chi connectivity index (χ4v) is 1.11. The molecule has 0 atom stereocenters. The number of hydrogen-bond donors (Lipinski definition) is 0. The Labute approximate surface area is 81.3 Å². The van der Waals surface area contributed by atoms with E-state index in [1.807, 2.05) is 12.1 Å². The molecule has 0 aliphatic carbocycles. The zero-order valence-electron chi connectivity index (χ0n) is 7.55. The molecule has 0 saturated carbocycles. The number of hydrogen-bond acceptors (Lipinski definition) is 4. The van der Waals surface area contributed by atoms with Gasteiger partial charge in [0.15, 0.2) is 0 Å². The van der Waals surface area contributed by atoms with Gasteiger partial charge in [0, 0.05) is 6.07 Å². The average molecular weight is 187 g/mol. The normalized spacial score (nSPS) is 10.0. The largest absolute Gasteiger partial charge is 0.489 e. The molecule has 14 heavy (non-hydrogen) atoms. The van der Waals surface area contributed by atoms with Gasteiger partial charge in [-0.2, -0.15) is 0 Å². The molecule has 0 fully saturated rings. The molecule has 0 saturated heterocycles.